The van der Waals surface area contributed by atoms with E-state index in [4.69, 9.17) is 0 Å². The summed E-state index contributed by atoms with van der Waals surface area (Å²) in [7, 11) is 0. The predicted octanol–water partition coefficient (Wildman–Crippen LogP) is 13.6. The fourth-order valence-electron chi connectivity index (χ4n) is 10.3. The number of fused-ring (bicyclic) bond motifs is 8. The van der Waals surface area contributed by atoms with Gasteiger partial charge in [0.25, 0.3) is 0 Å². The highest BCUT2D eigenvalue weighted by Crippen LogP contribution is 2.60. The molecule has 7 aromatic carbocycles. The maximum absolute atomic E-state index is 2.55. The fourth-order valence-corrected chi connectivity index (χ4v) is 10.3. The summed E-state index contributed by atoms with van der Waals surface area (Å²) in [5.41, 5.74) is 15.5. The number of nitrogens with zero attached hydrogens (tertiary/aromatic N) is 2. The molecule has 52 heavy (non-hydrogen) atoms. The highest BCUT2D eigenvalue weighted by molar-refractivity contribution is 6.09. The first-order chi connectivity index (χ1) is 25.7. The molecule has 4 unspecified atom stereocenters. The summed E-state index contributed by atoms with van der Waals surface area (Å²) < 4.78 is 2.37. The van der Waals surface area contributed by atoms with E-state index in [0.717, 1.165) is 40.7 Å². The van der Waals surface area contributed by atoms with Crippen LogP contribution in [0, 0.1) is 11.8 Å². The number of para-hydroxylation sites is 3. The van der Waals surface area contributed by atoms with Gasteiger partial charge in [0, 0.05) is 33.5 Å². The highest BCUT2D eigenvalue weighted by Gasteiger charge is 2.46. The topological polar surface area (TPSA) is 8.17 Å². The molecule has 2 saturated carbocycles. The third-order valence-corrected chi connectivity index (χ3v) is 12.6. The standard InChI is InChI=1S/C50H40N2/c1-2-8-40(9-3-1)51(42-23-18-36(19-24-42)37-20-27-44-38-28-33-29-39(31-38)47(30-33)48(44)32-37)41-21-14-34(15-22-41)35-16-25-43(26-17-35)52-49-12-6-4-10-45(49)46-11-5-7-13-50(46)52/h1-27,32-33,38-39,47H,28-31H2. The van der Waals surface area contributed by atoms with Crippen molar-refractivity contribution in [3.8, 4) is 27.9 Å². The molecule has 0 amide bonds. The van der Waals surface area contributed by atoms with Gasteiger partial charge in [-0.05, 0) is 143 Å². The van der Waals surface area contributed by atoms with Gasteiger partial charge in [0.2, 0.25) is 0 Å². The summed E-state index contributed by atoms with van der Waals surface area (Å²) in [6.07, 6.45) is 5.72. The predicted molar refractivity (Wildman–Crippen MR) is 217 cm³/mol. The maximum Gasteiger partial charge on any atom is 0.0541 e. The molecule has 2 nitrogen and oxygen atoms in total. The van der Waals surface area contributed by atoms with Crippen LogP contribution in [0.15, 0.2) is 170 Å². The number of hydrogen-bond donors (Lipinski definition) is 0. The van der Waals surface area contributed by atoms with Crippen molar-refractivity contribution < 1.29 is 0 Å². The van der Waals surface area contributed by atoms with Crippen LogP contribution in [0.2, 0.25) is 0 Å². The zero-order valence-electron chi connectivity index (χ0n) is 29.2. The minimum absolute atomic E-state index is 0.785. The number of anilines is 3. The Balaban J connectivity index is 0.896. The van der Waals surface area contributed by atoms with E-state index in [0.29, 0.717) is 0 Å². The monoisotopic (exact) mass is 668 g/mol. The van der Waals surface area contributed by atoms with E-state index >= 15 is 0 Å². The van der Waals surface area contributed by atoms with Crippen molar-refractivity contribution in [2.75, 3.05) is 4.90 Å². The van der Waals surface area contributed by atoms with Gasteiger partial charge in [-0.25, -0.2) is 0 Å². The molecule has 3 bridgehead atoms. The van der Waals surface area contributed by atoms with Crippen LogP contribution in [-0.2, 0) is 0 Å². The number of benzene rings is 7. The summed E-state index contributed by atoms with van der Waals surface area (Å²) in [5.74, 6) is 3.46. The Bertz CT molecular complexity index is 2520. The van der Waals surface area contributed by atoms with Crippen molar-refractivity contribution in [1.29, 1.82) is 0 Å². The minimum atomic E-state index is 0.785. The van der Waals surface area contributed by atoms with Crippen LogP contribution in [0.1, 0.15) is 48.6 Å². The van der Waals surface area contributed by atoms with E-state index in [-0.39, 0.29) is 0 Å². The third-order valence-electron chi connectivity index (χ3n) is 12.6. The SMILES string of the molecule is c1ccc(N(c2ccc(-c3ccc(-n4c5ccccc5c5ccccc54)cc3)cc2)c2ccc(-c3ccc4c(c3)C3CC5CC4CC3C5)cc2)cc1. The first kappa shape index (κ1) is 29.8. The Morgan fingerprint density at radius 1 is 0.423 bits per heavy atom. The van der Waals surface area contributed by atoms with Gasteiger partial charge in [-0.2, -0.15) is 0 Å². The van der Waals surface area contributed by atoms with Crippen molar-refractivity contribution in [3.05, 3.63) is 181 Å². The molecule has 0 aliphatic heterocycles. The largest absolute Gasteiger partial charge is 0.311 e. The Labute approximate surface area is 305 Å². The van der Waals surface area contributed by atoms with Crippen molar-refractivity contribution >= 4 is 38.9 Å². The Hall–Kier alpha value is -5.86. The summed E-state index contributed by atoms with van der Waals surface area (Å²) in [5, 5.41) is 2.57. The summed E-state index contributed by atoms with van der Waals surface area (Å²) in [6.45, 7) is 0. The Kier molecular flexibility index (Phi) is 6.80. The lowest BCUT2D eigenvalue weighted by Gasteiger charge is -2.36. The van der Waals surface area contributed by atoms with Crippen LogP contribution in [0.5, 0.6) is 0 Å². The molecule has 2 fully saturated rings. The van der Waals surface area contributed by atoms with Crippen LogP contribution in [0.3, 0.4) is 0 Å². The molecule has 0 spiro atoms. The quantitative estimate of drug-likeness (QED) is 0.171. The van der Waals surface area contributed by atoms with Gasteiger partial charge in [-0.15, -0.1) is 0 Å². The van der Waals surface area contributed by atoms with Crippen molar-refractivity contribution in [2.24, 2.45) is 11.8 Å². The molecule has 3 aliphatic carbocycles. The molecule has 0 N–H and O–H groups in total. The average Bonchev–Trinajstić information content (AvgIpc) is 3.67. The molecule has 2 heteroatoms. The number of hydrogen-bond acceptors (Lipinski definition) is 1. The molecular weight excluding hydrogens is 629 g/mol. The van der Waals surface area contributed by atoms with Crippen LogP contribution in [0.4, 0.5) is 17.1 Å². The lowest BCUT2D eigenvalue weighted by molar-refractivity contribution is 0.296. The molecule has 0 saturated heterocycles. The smallest absolute Gasteiger partial charge is 0.0541 e. The van der Waals surface area contributed by atoms with Crippen LogP contribution >= 0.6 is 0 Å². The highest BCUT2D eigenvalue weighted by atomic mass is 15.1. The summed E-state index contributed by atoms with van der Waals surface area (Å²) in [6, 6.07) is 62.7. The molecule has 1 heterocycles. The van der Waals surface area contributed by atoms with Gasteiger partial charge < -0.3 is 9.47 Å². The van der Waals surface area contributed by atoms with Crippen LogP contribution < -0.4 is 4.90 Å². The molecule has 8 aromatic rings. The van der Waals surface area contributed by atoms with Gasteiger partial charge in [0.15, 0.2) is 0 Å². The van der Waals surface area contributed by atoms with Crippen molar-refractivity contribution in [3.63, 3.8) is 0 Å². The lowest BCUT2D eigenvalue weighted by Crippen LogP contribution is -2.22. The minimum Gasteiger partial charge on any atom is -0.311 e. The second-order valence-electron chi connectivity index (χ2n) is 15.4. The second kappa shape index (κ2) is 11.9. The van der Waals surface area contributed by atoms with Gasteiger partial charge in [0.1, 0.15) is 0 Å². The van der Waals surface area contributed by atoms with Crippen molar-refractivity contribution in [2.45, 2.75) is 37.5 Å². The molecule has 3 aliphatic rings. The van der Waals surface area contributed by atoms with Gasteiger partial charge in [0.05, 0.1) is 11.0 Å². The van der Waals surface area contributed by atoms with Gasteiger partial charge in [-0.1, -0.05) is 109 Å². The molecule has 250 valence electrons. The Morgan fingerprint density at radius 3 is 1.62 bits per heavy atom. The zero-order valence-corrected chi connectivity index (χ0v) is 29.2. The summed E-state index contributed by atoms with van der Waals surface area (Å²) in [4.78, 5) is 2.36. The number of rotatable bonds is 6. The van der Waals surface area contributed by atoms with Crippen LogP contribution in [0.25, 0.3) is 49.7 Å². The van der Waals surface area contributed by atoms with Crippen molar-refractivity contribution in [1.82, 2.24) is 4.57 Å². The second-order valence-corrected chi connectivity index (χ2v) is 15.4. The molecule has 1 aromatic heterocycles. The fraction of sp³-hybridized carbons (Fsp3) is 0.160. The van der Waals surface area contributed by atoms with E-state index in [1.165, 1.54) is 75.4 Å². The van der Waals surface area contributed by atoms with E-state index in [1.807, 2.05) is 0 Å². The maximum atomic E-state index is 2.55. The molecule has 11 rings (SSSR count). The Morgan fingerprint density at radius 2 is 0.962 bits per heavy atom. The van der Waals surface area contributed by atoms with Gasteiger partial charge in [-0.3, -0.25) is 0 Å². The normalized spacial score (nSPS) is 20.0. The lowest BCUT2D eigenvalue weighted by atomic mass is 9.68. The van der Waals surface area contributed by atoms with E-state index < -0.39 is 0 Å². The number of aromatic nitrogens is 1. The van der Waals surface area contributed by atoms with Gasteiger partial charge >= 0.3 is 0 Å². The van der Waals surface area contributed by atoms with Crippen LogP contribution in [-0.4, -0.2) is 4.57 Å². The first-order valence-corrected chi connectivity index (χ1v) is 19.0. The first-order valence-electron chi connectivity index (χ1n) is 19.0. The van der Waals surface area contributed by atoms with E-state index in [9.17, 15) is 0 Å². The third kappa shape index (κ3) is 4.78. The molecule has 0 radical (unpaired) electrons. The molecular formula is C50H40N2. The van der Waals surface area contributed by atoms with E-state index in [1.54, 1.807) is 11.1 Å². The molecule has 4 atom stereocenters. The summed E-state index contributed by atoms with van der Waals surface area (Å²) >= 11 is 0. The zero-order chi connectivity index (χ0) is 34.2. The van der Waals surface area contributed by atoms with E-state index in [2.05, 4.69) is 179 Å². The average molecular weight is 669 g/mol.